The highest BCUT2D eigenvalue weighted by atomic mass is 32.2. The molecule has 0 aromatic carbocycles. The van der Waals surface area contributed by atoms with Gasteiger partial charge in [0, 0.05) is 0 Å². The average Bonchev–Trinajstić information content (AvgIpc) is 2.00. The monoisotopic (exact) mass is 251 g/mol. The molecule has 0 rings (SSSR count). The number of halogens is 3. The Morgan fingerprint density at radius 1 is 1.40 bits per heavy atom. The van der Waals surface area contributed by atoms with Crippen LogP contribution in [0.1, 0.15) is 6.42 Å². The van der Waals surface area contributed by atoms with E-state index in [0.717, 1.165) is 7.11 Å². The van der Waals surface area contributed by atoms with Crippen LogP contribution in [-0.4, -0.2) is 34.4 Å². The Bertz CT molecular complexity index is 311. The first kappa shape index (κ1) is 14.0. The largest absolute Gasteiger partial charge is 0.448 e. The smallest absolute Gasteiger partial charge is 0.422 e. The quantitative estimate of drug-likeness (QED) is 0.789. The fraction of sp³-hybridized carbons (Fsp3) is 0.800. The third-order valence-electron chi connectivity index (χ3n) is 1.05. The molecule has 0 aromatic rings. The lowest BCUT2D eigenvalue weighted by molar-refractivity contribution is -0.141. The van der Waals surface area contributed by atoms with E-state index in [1.54, 1.807) is 0 Å². The molecule has 0 bridgehead atoms. The van der Waals surface area contributed by atoms with Gasteiger partial charge in [-0.3, -0.25) is 4.18 Å². The van der Waals surface area contributed by atoms with E-state index < -0.39 is 35.6 Å². The van der Waals surface area contributed by atoms with E-state index in [0.29, 0.717) is 0 Å². The molecule has 0 aliphatic carbocycles. The van der Waals surface area contributed by atoms with E-state index in [4.69, 9.17) is 0 Å². The first-order valence-corrected chi connectivity index (χ1v) is 4.89. The Kier molecular flexibility index (Phi) is 4.81. The molecule has 0 unspecified atom stereocenters. The van der Waals surface area contributed by atoms with Gasteiger partial charge in [-0.25, -0.2) is 4.79 Å². The molecule has 6 nitrogen and oxygen atoms in total. The van der Waals surface area contributed by atoms with Crippen LogP contribution in [0.2, 0.25) is 0 Å². The van der Waals surface area contributed by atoms with E-state index >= 15 is 0 Å². The fourth-order valence-electron chi connectivity index (χ4n) is 0.433. The normalized spacial score (nSPS) is 12.3. The van der Waals surface area contributed by atoms with Crippen molar-refractivity contribution in [3.63, 3.8) is 0 Å². The number of carbonyl (C=O) groups excluding carboxylic acids is 1. The minimum atomic E-state index is -4.47. The molecule has 0 aliphatic rings. The molecular weight excluding hydrogens is 243 g/mol. The van der Waals surface area contributed by atoms with Gasteiger partial charge in [-0.15, -0.1) is 0 Å². The van der Waals surface area contributed by atoms with Crippen molar-refractivity contribution in [1.82, 2.24) is 4.72 Å². The number of carbonyl (C=O) groups is 1. The van der Waals surface area contributed by atoms with Crippen LogP contribution in [0.5, 0.6) is 0 Å². The lowest BCUT2D eigenvalue weighted by Crippen LogP contribution is -2.32. The minimum absolute atomic E-state index is 0.769. The number of rotatable bonds is 4. The van der Waals surface area contributed by atoms with E-state index in [1.165, 1.54) is 4.72 Å². The van der Waals surface area contributed by atoms with Crippen molar-refractivity contribution in [3.05, 3.63) is 0 Å². The molecule has 0 atom stereocenters. The molecule has 0 spiro atoms. The number of alkyl halides is 3. The van der Waals surface area contributed by atoms with E-state index in [9.17, 15) is 26.4 Å². The third-order valence-corrected chi connectivity index (χ3v) is 1.90. The van der Waals surface area contributed by atoms with Gasteiger partial charge in [0.25, 0.3) is 0 Å². The van der Waals surface area contributed by atoms with Crippen molar-refractivity contribution in [2.75, 3.05) is 13.7 Å². The van der Waals surface area contributed by atoms with Crippen LogP contribution >= 0.6 is 0 Å². The second-order valence-corrected chi connectivity index (χ2v) is 3.67. The van der Waals surface area contributed by atoms with Crippen molar-refractivity contribution in [2.24, 2.45) is 0 Å². The second-order valence-electron chi connectivity index (χ2n) is 2.22. The number of ether oxygens (including phenoxy) is 1. The van der Waals surface area contributed by atoms with Gasteiger partial charge in [0.15, 0.2) is 0 Å². The van der Waals surface area contributed by atoms with Crippen LogP contribution in [0.3, 0.4) is 0 Å². The molecule has 1 amide bonds. The highest BCUT2D eigenvalue weighted by Gasteiger charge is 2.27. The molecule has 0 aromatic heterocycles. The van der Waals surface area contributed by atoms with Crippen molar-refractivity contribution in [1.29, 1.82) is 0 Å². The summed E-state index contributed by atoms with van der Waals surface area (Å²) in [5.41, 5.74) is 0. The SMILES string of the molecule is COS(=O)(=O)NC(=O)OCCC(F)(F)F. The topological polar surface area (TPSA) is 81.7 Å². The molecule has 0 fully saturated rings. The van der Waals surface area contributed by atoms with Gasteiger partial charge >= 0.3 is 22.6 Å². The molecule has 1 N–H and O–H groups in total. The molecule has 0 saturated heterocycles. The number of hydrogen-bond acceptors (Lipinski definition) is 5. The van der Waals surface area contributed by atoms with Crippen LogP contribution in [-0.2, 0) is 19.2 Å². The molecule has 0 heterocycles. The Labute approximate surface area is 83.6 Å². The Morgan fingerprint density at radius 2 is 1.93 bits per heavy atom. The van der Waals surface area contributed by atoms with Crippen molar-refractivity contribution in [3.8, 4) is 0 Å². The number of hydrogen-bond donors (Lipinski definition) is 1. The summed E-state index contributed by atoms with van der Waals surface area (Å²) in [6.45, 7) is -0.964. The summed E-state index contributed by atoms with van der Waals surface area (Å²) in [6.07, 6.45) is -7.35. The summed E-state index contributed by atoms with van der Waals surface area (Å²) in [4.78, 5) is 10.5. The maximum atomic E-state index is 11.6. The van der Waals surface area contributed by atoms with Crippen LogP contribution in [0, 0.1) is 0 Å². The summed E-state index contributed by atoms with van der Waals surface area (Å²) in [6, 6.07) is 0. The standard InChI is InChI=1S/C5H8F3NO5S/c1-13-15(11,12)9-4(10)14-3-2-5(6,7)8/h2-3H2,1H3,(H,9,10). The molecule has 15 heavy (non-hydrogen) atoms. The summed E-state index contributed by atoms with van der Waals surface area (Å²) < 4.78 is 64.6. The molecule has 0 saturated carbocycles. The molecule has 0 radical (unpaired) electrons. The van der Waals surface area contributed by atoms with E-state index in [1.807, 2.05) is 0 Å². The number of amides is 1. The first-order valence-electron chi connectivity index (χ1n) is 3.48. The maximum absolute atomic E-state index is 11.6. The fourth-order valence-corrected chi connectivity index (χ4v) is 0.779. The van der Waals surface area contributed by atoms with Gasteiger partial charge in [0.2, 0.25) is 0 Å². The predicted octanol–water partition coefficient (Wildman–Crippen LogP) is 0.556. The van der Waals surface area contributed by atoms with Gasteiger partial charge in [-0.05, 0) is 0 Å². The first-order chi connectivity index (χ1) is 6.66. The van der Waals surface area contributed by atoms with Gasteiger partial charge in [0.05, 0.1) is 13.5 Å². The lowest BCUT2D eigenvalue weighted by Gasteiger charge is -2.07. The second kappa shape index (κ2) is 5.16. The zero-order chi connectivity index (χ0) is 12.1. The third kappa shape index (κ3) is 8.00. The molecular formula is C5H8F3NO5S. The Morgan fingerprint density at radius 3 is 2.33 bits per heavy atom. The van der Waals surface area contributed by atoms with Gasteiger partial charge in [-0.1, -0.05) is 0 Å². The average molecular weight is 251 g/mol. The number of nitrogens with one attached hydrogen (secondary N) is 1. The predicted molar refractivity (Wildman–Crippen MR) is 41.1 cm³/mol. The van der Waals surface area contributed by atoms with Gasteiger partial charge in [0.1, 0.15) is 6.61 Å². The summed E-state index contributed by atoms with van der Waals surface area (Å²) >= 11 is 0. The van der Waals surface area contributed by atoms with Gasteiger partial charge < -0.3 is 4.74 Å². The zero-order valence-electron chi connectivity index (χ0n) is 7.50. The van der Waals surface area contributed by atoms with Crippen LogP contribution < -0.4 is 4.72 Å². The Balaban J connectivity index is 3.88. The lowest BCUT2D eigenvalue weighted by atomic mass is 10.4. The highest BCUT2D eigenvalue weighted by molar-refractivity contribution is 7.85. The van der Waals surface area contributed by atoms with Crippen molar-refractivity contribution < 1.29 is 35.3 Å². The summed E-state index contributed by atoms with van der Waals surface area (Å²) in [5, 5.41) is 0. The minimum Gasteiger partial charge on any atom is -0.448 e. The molecule has 10 heteroatoms. The van der Waals surface area contributed by atoms with E-state index in [2.05, 4.69) is 8.92 Å². The summed E-state index contributed by atoms with van der Waals surface area (Å²) in [5.74, 6) is 0. The highest BCUT2D eigenvalue weighted by Crippen LogP contribution is 2.18. The van der Waals surface area contributed by atoms with Crippen LogP contribution in [0.4, 0.5) is 18.0 Å². The van der Waals surface area contributed by atoms with Crippen molar-refractivity contribution in [2.45, 2.75) is 12.6 Å². The Hall–Kier alpha value is -1.03. The molecule has 0 aliphatic heterocycles. The van der Waals surface area contributed by atoms with Gasteiger partial charge in [-0.2, -0.15) is 26.3 Å². The van der Waals surface area contributed by atoms with Crippen molar-refractivity contribution >= 4 is 16.4 Å². The van der Waals surface area contributed by atoms with Crippen LogP contribution in [0.25, 0.3) is 0 Å². The summed E-state index contributed by atoms with van der Waals surface area (Å²) in [7, 11) is -3.52. The van der Waals surface area contributed by atoms with Crippen LogP contribution in [0.15, 0.2) is 0 Å². The maximum Gasteiger partial charge on any atom is 0.422 e. The zero-order valence-corrected chi connectivity index (χ0v) is 8.31. The van der Waals surface area contributed by atoms with E-state index in [-0.39, 0.29) is 0 Å². The molecule has 90 valence electrons.